The molecule has 0 amide bonds. The number of aryl methyl sites for hydroxylation is 2. The number of benzene rings is 1. The van der Waals surface area contributed by atoms with Crippen LogP contribution in [0.15, 0.2) is 24.3 Å². The molecular formula is C12H16NW-. The number of hydrogen-bond acceptors (Lipinski definition) is 0. The molecule has 1 aromatic heterocycles. The number of fused-ring (bicyclic) bond motifs is 1. The minimum absolute atomic E-state index is 0. The second-order valence-corrected chi connectivity index (χ2v) is 2.79. The molecule has 0 bridgehead atoms. The van der Waals surface area contributed by atoms with Crippen molar-refractivity contribution in [2.24, 2.45) is 7.05 Å². The fourth-order valence-electron chi connectivity index (χ4n) is 1.33. The molecule has 0 saturated carbocycles. The largest absolute Gasteiger partial charge is 0.411 e. The molecule has 1 heterocycles. The summed E-state index contributed by atoms with van der Waals surface area (Å²) >= 11 is 0. The molecule has 0 aliphatic heterocycles. The molecule has 0 atom stereocenters. The fraction of sp³-hybridized carbons (Fsp3) is 0.333. The van der Waals surface area contributed by atoms with Gasteiger partial charge in [0, 0.05) is 21.1 Å². The predicted octanol–water partition coefficient (Wildman–Crippen LogP) is 3.31. The Balaban J connectivity index is 0.000000531. The van der Waals surface area contributed by atoms with Crippen LogP contribution in [0.2, 0.25) is 0 Å². The van der Waals surface area contributed by atoms with Gasteiger partial charge in [-0.3, -0.25) is 0 Å². The van der Waals surface area contributed by atoms with E-state index in [9.17, 15) is 0 Å². The van der Waals surface area contributed by atoms with E-state index in [0.717, 1.165) is 0 Å². The van der Waals surface area contributed by atoms with E-state index in [-0.39, 0.29) is 21.1 Å². The molecule has 0 fully saturated rings. The van der Waals surface area contributed by atoms with E-state index in [2.05, 4.69) is 42.8 Å². The summed E-state index contributed by atoms with van der Waals surface area (Å²) in [6.07, 6.45) is 0. The zero-order valence-corrected chi connectivity index (χ0v) is 12.1. The smallest absolute Gasteiger partial charge is 0 e. The Labute approximate surface area is 100 Å². The van der Waals surface area contributed by atoms with E-state index in [4.69, 9.17) is 0 Å². The molecule has 0 radical (unpaired) electrons. The predicted molar refractivity (Wildman–Crippen MR) is 57.8 cm³/mol. The fourth-order valence-corrected chi connectivity index (χ4v) is 1.33. The standard InChI is InChI=1S/C10H10N.C2H6.W/c1-8-7-9-5-3-4-6-10(9)11(8)2;1-2;/h3-6H,1-2H3;1-2H3;/q-1;;. The second-order valence-electron chi connectivity index (χ2n) is 2.79. The van der Waals surface area contributed by atoms with Crippen LogP contribution in [-0.4, -0.2) is 4.57 Å². The van der Waals surface area contributed by atoms with Gasteiger partial charge in [0.25, 0.3) is 0 Å². The van der Waals surface area contributed by atoms with Crippen LogP contribution in [-0.2, 0) is 28.1 Å². The molecule has 1 nitrogen and oxygen atoms in total. The maximum absolute atomic E-state index is 3.29. The Morgan fingerprint density at radius 1 is 1.14 bits per heavy atom. The third kappa shape index (κ3) is 2.48. The summed E-state index contributed by atoms with van der Waals surface area (Å²) in [5, 5.41) is 1.20. The van der Waals surface area contributed by atoms with Crippen LogP contribution in [0.25, 0.3) is 10.9 Å². The monoisotopic (exact) mass is 358 g/mol. The molecule has 0 saturated heterocycles. The molecule has 0 spiro atoms. The summed E-state index contributed by atoms with van der Waals surface area (Å²) in [5.41, 5.74) is 2.44. The van der Waals surface area contributed by atoms with Crippen LogP contribution in [0.4, 0.5) is 0 Å². The van der Waals surface area contributed by atoms with Gasteiger partial charge in [-0.25, -0.2) is 0 Å². The van der Waals surface area contributed by atoms with Gasteiger partial charge in [0.1, 0.15) is 0 Å². The van der Waals surface area contributed by atoms with Crippen molar-refractivity contribution in [1.29, 1.82) is 0 Å². The third-order valence-corrected chi connectivity index (χ3v) is 2.08. The summed E-state index contributed by atoms with van der Waals surface area (Å²) in [5.74, 6) is 0. The van der Waals surface area contributed by atoms with Crippen LogP contribution in [0, 0.1) is 13.0 Å². The number of hydrogen-bond donors (Lipinski definition) is 0. The van der Waals surface area contributed by atoms with E-state index in [1.165, 1.54) is 16.6 Å². The number of rotatable bonds is 0. The summed E-state index contributed by atoms with van der Waals surface area (Å²) in [6, 6.07) is 11.6. The van der Waals surface area contributed by atoms with Gasteiger partial charge in [-0.15, -0.1) is 6.07 Å². The van der Waals surface area contributed by atoms with Gasteiger partial charge in [-0.05, 0) is 14.0 Å². The van der Waals surface area contributed by atoms with Crippen molar-refractivity contribution in [3.05, 3.63) is 36.0 Å². The van der Waals surface area contributed by atoms with E-state index >= 15 is 0 Å². The van der Waals surface area contributed by atoms with Crippen molar-refractivity contribution < 1.29 is 21.1 Å². The van der Waals surface area contributed by atoms with Gasteiger partial charge in [0.2, 0.25) is 0 Å². The van der Waals surface area contributed by atoms with Crippen molar-refractivity contribution in [2.75, 3.05) is 0 Å². The normalized spacial score (nSPS) is 8.86. The molecule has 0 N–H and O–H groups in total. The van der Waals surface area contributed by atoms with Crippen LogP contribution in [0.3, 0.4) is 0 Å². The van der Waals surface area contributed by atoms with Crippen LogP contribution < -0.4 is 0 Å². The van der Waals surface area contributed by atoms with E-state index < -0.39 is 0 Å². The van der Waals surface area contributed by atoms with Gasteiger partial charge >= 0.3 is 0 Å². The SMILES string of the molecule is CC.Cc1[c-]c2ccccc2n1C.[W]. The minimum atomic E-state index is 0. The first-order chi connectivity index (χ1) is 6.29. The maximum atomic E-state index is 3.29. The average molecular weight is 358 g/mol. The number of nitrogens with zero attached hydrogens (tertiary/aromatic N) is 1. The minimum Gasteiger partial charge on any atom is -0.411 e. The van der Waals surface area contributed by atoms with Gasteiger partial charge in [-0.2, -0.15) is 17.5 Å². The summed E-state index contributed by atoms with van der Waals surface area (Å²) in [4.78, 5) is 0. The van der Waals surface area contributed by atoms with Crippen molar-refractivity contribution in [1.82, 2.24) is 4.57 Å². The molecule has 0 aliphatic rings. The van der Waals surface area contributed by atoms with Gasteiger partial charge in [0.15, 0.2) is 0 Å². The summed E-state index contributed by atoms with van der Waals surface area (Å²) < 4.78 is 2.15. The van der Waals surface area contributed by atoms with E-state index in [1.807, 2.05) is 19.9 Å². The summed E-state index contributed by atoms with van der Waals surface area (Å²) in [6.45, 7) is 6.07. The van der Waals surface area contributed by atoms with Gasteiger partial charge in [-0.1, -0.05) is 37.2 Å². The molecule has 2 rings (SSSR count). The zero-order valence-electron chi connectivity index (χ0n) is 9.16. The van der Waals surface area contributed by atoms with Gasteiger partial charge in [0.05, 0.1) is 0 Å². The molecule has 2 heteroatoms. The Hall–Kier alpha value is -0.552. The molecule has 14 heavy (non-hydrogen) atoms. The molecular weight excluding hydrogens is 342 g/mol. The van der Waals surface area contributed by atoms with Crippen molar-refractivity contribution in [2.45, 2.75) is 20.8 Å². The van der Waals surface area contributed by atoms with Crippen molar-refractivity contribution in [3.63, 3.8) is 0 Å². The molecule has 2 aromatic rings. The Kier molecular flexibility index (Phi) is 5.79. The van der Waals surface area contributed by atoms with Crippen molar-refractivity contribution >= 4 is 10.9 Å². The third-order valence-electron chi connectivity index (χ3n) is 2.08. The van der Waals surface area contributed by atoms with Crippen molar-refractivity contribution in [3.8, 4) is 0 Å². The van der Waals surface area contributed by atoms with Gasteiger partial charge < -0.3 is 4.57 Å². The first-order valence-corrected chi connectivity index (χ1v) is 4.72. The molecule has 0 unspecified atom stereocenters. The average Bonchev–Trinajstić information content (AvgIpc) is 2.47. The molecule has 1 aromatic carbocycles. The van der Waals surface area contributed by atoms with E-state index in [0.29, 0.717) is 0 Å². The Morgan fingerprint density at radius 3 is 2.29 bits per heavy atom. The van der Waals surface area contributed by atoms with Crippen LogP contribution >= 0.6 is 0 Å². The Bertz CT molecular complexity index is 390. The summed E-state index contributed by atoms with van der Waals surface area (Å²) in [7, 11) is 2.06. The Morgan fingerprint density at radius 2 is 1.71 bits per heavy atom. The topological polar surface area (TPSA) is 4.93 Å². The van der Waals surface area contributed by atoms with Crippen LogP contribution in [0.5, 0.6) is 0 Å². The molecule has 76 valence electrons. The first-order valence-electron chi connectivity index (χ1n) is 4.72. The molecule has 0 aliphatic carbocycles. The first kappa shape index (κ1) is 13.4. The van der Waals surface area contributed by atoms with E-state index in [1.54, 1.807) is 0 Å². The van der Waals surface area contributed by atoms with Crippen LogP contribution in [0.1, 0.15) is 19.5 Å². The second kappa shape index (κ2) is 6.03. The maximum Gasteiger partial charge on any atom is 0 e. The number of aromatic nitrogens is 1. The zero-order chi connectivity index (χ0) is 9.84. The number of para-hydroxylation sites is 1. The quantitative estimate of drug-likeness (QED) is 0.637.